The highest BCUT2D eigenvalue weighted by atomic mass is 19.1. The second-order valence-corrected chi connectivity index (χ2v) is 8.76. The lowest BCUT2D eigenvalue weighted by Gasteiger charge is -2.32. The first-order chi connectivity index (χ1) is 17.0. The molecule has 1 aliphatic rings. The SMILES string of the molecule is N#Cc1ccc(/C=C/CN2CCC(NC(=O)C(c3ccc(F)cc3)c3ccc(F)cc3)CC2)cc1. The number of piperidine rings is 1. The first kappa shape index (κ1) is 24.3. The van der Waals surface area contributed by atoms with E-state index in [1.54, 1.807) is 36.4 Å². The van der Waals surface area contributed by atoms with Crippen LogP contribution in [0.5, 0.6) is 0 Å². The Morgan fingerprint density at radius 2 is 1.49 bits per heavy atom. The number of carbonyl (C=O) groups excluding carboxylic acids is 1. The Balaban J connectivity index is 1.33. The Hall–Kier alpha value is -3.82. The van der Waals surface area contributed by atoms with Gasteiger partial charge in [0.05, 0.1) is 17.6 Å². The van der Waals surface area contributed by atoms with Crippen LogP contribution in [0.4, 0.5) is 8.78 Å². The van der Waals surface area contributed by atoms with Gasteiger partial charge in [-0.15, -0.1) is 0 Å². The number of likely N-dealkylation sites (tertiary alicyclic amines) is 1. The summed E-state index contributed by atoms with van der Waals surface area (Å²) in [6, 6.07) is 21.4. The molecule has 1 aliphatic heterocycles. The average Bonchev–Trinajstić information content (AvgIpc) is 2.88. The van der Waals surface area contributed by atoms with Crippen LogP contribution in [0.3, 0.4) is 0 Å². The van der Waals surface area contributed by atoms with E-state index in [1.165, 1.54) is 24.3 Å². The number of hydrogen-bond acceptors (Lipinski definition) is 3. The predicted molar refractivity (Wildman–Crippen MR) is 132 cm³/mol. The fourth-order valence-electron chi connectivity index (χ4n) is 4.36. The molecule has 3 aromatic carbocycles. The van der Waals surface area contributed by atoms with Crippen molar-refractivity contribution in [2.75, 3.05) is 19.6 Å². The number of nitrogens with zero attached hydrogens (tertiary/aromatic N) is 2. The van der Waals surface area contributed by atoms with E-state index in [2.05, 4.69) is 22.4 Å². The fourth-order valence-corrected chi connectivity index (χ4v) is 4.36. The summed E-state index contributed by atoms with van der Waals surface area (Å²) in [6.45, 7) is 2.54. The van der Waals surface area contributed by atoms with E-state index < -0.39 is 5.92 Å². The Kier molecular flexibility index (Phi) is 8.02. The molecule has 4 rings (SSSR count). The Morgan fingerprint density at radius 1 is 0.943 bits per heavy atom. The van der Waals surface area contributed by atoms with Gasteiger partial charge in [0.15, 0.2) is 0 Å². The van der Waals surface area contributed by atoms with Crippen molar-refractivity contribution >= 4 is 12.0 Å². The van der Waals surface area contributed by atoms with Gasteiger partial charge in [0.2, 0.25) is 5.91 Å². The molecule has 1 amide bonds. The fraction of sp³-hybridized carbons (Fsp3) is 0.241. The first-order valence-corrected chi connectivity index (χ1v) is 11.7. The third-order valence-corrected chi connectivity index (χ3v) is 6.32. The molecule has 1 heterocycles. The van der Waals surface area contributed by atoms with E-state index in [1.807, 2.05) is 18.2 Å². The molecule has 1 N–H and O–H groups in total. The summed E-state index contributed by atoms with van der Waals surface area (Å²) in [5.74, 6) is -1.54. The summed E-state index contributed by atoms with van der Waals surface area (Å²) in [6.07, 6.45) is 5.82. The highest BCUT2D eigenvalue weighted by molar-refractivity contribution is 5.87. The zero-order chi connectivity index (χ0) is 24.6. The van der Waals surface area contributed by atoms with Crippen LogP contribution >= 0.6 is 0 Å². The average molecular weight is 472 g/mol. The molecule has 178 valence electrons. The highest BCUT2D eigenvalue weighted by Gasteiger charge is 2.27. The van der Waals surface area contributed by atoms with E-state index in [0.717, 1.165) is 38.0 Å². The largest absolute Gasteiger partial charge is 0.352 e. The molecule has 0 aliphatic carbocycles. The summed E-state index contributed by atoms with van der Waals surface area (Å²) in [4.78, 5) is 15.6. The predicted octanol–water partition coefficient (Wildman–Crippen LogP) is 5.26. The van der Waals surface area contributed by atoms with Crippen LogP contribution in [0.1, 0.15) is 41.0 Å². The second kappa shape index (κ2) is 11.5. The molecule has 0 aromatic heterocycles. The van der Waals surface area contributed by atoms with Crippen molar-refractivity contribution in [3.63, 3.8) is 0 Å². The van der Waals surface area contributed by atoms with Gasteiger partial charge in [0.25, 0.3) is 0 Å². The van der Waals surface area contributed by atoms with E-state index in [0.29, 0.717) is 16.7 Å². The molecule has 1 fully saturated rings. The van der Waals surface area contributed by atoms with Gasteiger partial charge in [0.1, 0.15) is 11.6 Å². The summed E-state index contributed by atoms with van der Waals surface area (Å²) in [5.41, 5.74) is 3.04. The lowest BCUT2D eigenvalue weighted by molar-refractivity contribution is -0.122. The number of hydrogen-bond donors (Lipinski definition) is 1. The molecule has 1 saturated heterocycles. The van der Waals surface area contributed by atoms with Crippen molar-refractivity contribution in [2.24, 2.45) is 0 Å². The Morgan fingerprint density at radius 3 is 2.00 bits per heavy atom. The Bertz CT molecular complexity index is 1150. The molecule has 3 aromatic rings. The van der Waals surface area contributed by atoms with Crippen LogP contribution in [0, 0.1) is 23.0 Å². The maximum atomic E-state index is 13.5. The standard InChI is InChI=1S/C29H27F2N3O/c30-25-11-7-23(8-12-25)28(24-9-13-26(31)14-10-24)29(35)33-27-15-18-34(19-16-27)17-1-2-21-3-5-22(20-32)6-4-21/h1-14,27-28H,15-19H2,(H,33,35)/b2-1+. The maximum absolute atomic E-state index is 13.5. The number of rotatable bonds is 7. The van der Waals surface area contributed by atoms with E-state index >= 15 is 0 Å². The maximum Gasteiger partial charge on any atom is 0.232 e. The third-order valence-electron chi connectivity index (χ3n) is 6.32. The van der Waals surface area contributed by atoms with Crippen LogP contribution in [-0.2, 0) is 4.79 Å². The van der Waals surface area contributed by atoms with Crippen LogP contribution < -0.4 is 5.32 Å². The molecule has 0 saturated carbocycles. The van der Waals surface area contributed by atoms with Gasteiger partial charge in [0, 0.05) is 25.7 Å². The van der Waals surface area contributed by atoms with Gasteiger partial charge < -0.3 is 5.32 Å². The second-order valence-electron chi connectivity index (χ2n) is 8.76. The monoisotopic (exact) mass is 471 g/mol. The summed E-state index contributed by atoms with van der Waals surface area (Å²) in [5, 5.41) is 12.0. The lowest BCUT2D eigenvalue weighted by Crippen LogP contribution is -2.46. The van der Waals surface area contributed by atoms with Crippen molar-refractivity contribution in [2.45, 2.75) is 24.8 Å². The number of carbonyl (C=O) groups is 1. The van der Waals surface area contributed by atoms with Gasteiger partial charge in [-0.05, 0) is 65.9 Å². The molecule has 6 heteroatoms. The number of amides is 1. The van der Waals surface area contributed by atoms with Crippen molar-refractivity contribution in [3.8, 4) is 6.07 Å². The van der Waals surface area contributed by atoms with Crippen molar-refractivity contribution in [1.29, 1.82) is 5.26 Å². The topological polar surface area (TPSA) is 56.1 Å². The molecule has 0 atom stereocenters. The minimum Gasteiger partial charge on any atom is -0.352 e. The number of benzene rings is 3. The summed E-state index contributed by atoms with van der Waals surface area (Å²) in [7, 11) is 0. The molecule has 35 heavy (non-hydrogen) atoms. The van der Waals surface area contributed by atoms with Crippen LogP contribution in [0.15, 0.2) is 78.9 Å². The van der Waals surface area contributed by atoms with Gasteiger partial charge in [-0.1, -0.05) is 48.6 Å². The van der Waals surface area contributed by atoms with Crippen molar-refractivity contribution in [1.82, 2.24) is 10.2 Å². The van der Waals surface area contributed by atoms with Crippen LogP contribution in [0.2, 0.25) is 0 Å². The molecule has 0 radical (unpaired) electrons. The van der Waals surface area contributed by atoms with Gasteiger partial charge in [-0.3, -0.25) is 9.69 Å². The van der Waals surface area contributed by atoms with E-state index in [-0.39, 0.29) is 23.6 Å². The summed E-state index contributed by atoms with van der Waals surface area (Å²) < 4.78 is 26.9. The van der Waals surface area contributed by atoms with Crippen molar-refractivity contribution in [3.05, 3.63) is 113 Å². The minimum atomic E-state index is -0.635. The zero-order valence-corrected chi connectivity index (χ0v) is 19.3. The number of nitrogens with one attached hydrogen (secondary N) is 1. The number of nitriles is 1. The molecular weight excluding hydrogens is 444 g/mol. The summed E-state index contributed by atoms with van der Waals surface area (Å²) >= 11 is 0. The molecule has 0 unspecified atom stereocenters. The minimum absolute atomic E-state index is 0.0460. The van der Waals surface area contributed by atoms with Gasteiger partial charge in [-0.25, -0.2) is 8.78 Å². The third kappa shape index (κ3) is 6.62. The normalized spacial score (nSPS) is 14.8. The van der Waals surface area contributed by atoms with Gasteiger partial charge in [-0.2, -0.15) is 5.26 Å². The first-order valence-electron chi connectivity index (χ1n) is 11.7. The van der Waals surface area contributed by atoms with Crippen LogP contribution in [0.25, 0.3) is 6.08 Å². The quantitative estimate of drug-likeness (QED) is 0.511. The van der Waals surface area contributed by atoms with E-state index in [4.69, 9.17) is 5.26 Å². The van der Waals surface area contributed by atoms with Crippen LogP contribution in [-0.4, -0.2) is 36.5 Å². The number of halogens is 2. The highest BCUT2D eigenvalue weighted by Crippen LogP contribution is 2.26. The Labute approximate surface area is 204 Å². The molecule has 0 bridgehead atoms. The molecule has 0 spiro atoms. The van der Waals surface area contributed by atoms with E-state index in [9.17, 15) is 13.6 Å². The lowest BCUT2D eigenvalue weighted by atomic mass is 9.89. The zero-order valence-electron chi connectivity index (χ0n) is 19.3. The van der Waals surface area contributed by atoms with Crippen molar-refractivity contribution < 1.29 is 13.6 Å². The molecule has 4 nitrogen and oxygen atoms in total. The van der Waals surface area contributed by atoms with Gasteiger partial charge >= 0.3 is 0 Å². The molecular formula is C29H27F2N3O. The smallest absolute Gasteiger partial charge is 0.232 e.